The number of ether oxygens (including phenoxy) is 4. The molecule has 0 saturated carbocycles. The molecule has 0 saturated heterocycles. The number of carbonyl (C=O) groups is 4. The number of aliphatic hydroxyl groups excluding tert-OH is 1. The Labute approximate surface area is 498 Å². The van der Waals surface area contributed by atoms with Crippen molar-refractivity contribution in [2.45, 2.75) is 335 Å². The molecule has 17 nitrogen and oxygen atoms in total. The normalized spacial score (nSPS) is 14.6. The van der Waals surface area contributed by atoms with Crippen LogP contribution in [0.3, 0.4) is 0 Å². The maximum atomic E-state index is 13.0. The number of rotatable bonds is 63. The number of unbranched alkanes of at least 4 members (excludes halogenated alkanes) is 34. The van der Waals surface area contributed by atoms with Crippen molar-refractivity contribution in [3.05, 3.63) is 0 Å². The molecule has 0 radical (unpaired) electrons. The first kappa shape index (κ1) is 80.1. The van der Waals surface area contributed by atoms with Crippen LogP contribution in [-0.4, -0.2) is 96.7 Å². The topological polar surface area (TPSA) is 237 Å². The lowest BCUT2D eigenvalue weighted by atomic mass is 9.99. The molecule has 0 aliphatic rings. The average Bonchev–Trinajstić information content (AvgIpc) is 3.45. The summed E-state index contributed by atoms with van der Waals surface area (Å²) in [7, 11) is -9.87. The molecule has 0 aromatic heterocycles. The molecule has 486 valence electrons. The van der Waals surface area contributed by atoms with Crippen LogP contribution < -0.4 is 0 Å². The van der Waals surface area contributed by atoms with Crippen LogP contribution >= 0.6 is 15.6 Å². The van der Waals surface area contributed by atoms with E-state index in [2.05, 4.69) is 34.6 Å². The van der Waals surface area contributed by atoms with E-state index < -0.39 is 97.5 Å². The molecular weight excluding hydrogens is 1090 g/mol. The molecular formula is C63H122O17P2. The molecule has 82 heavy (non-hydrogen) atoms. The van der Waals surface area contributed by atoms with Crippen molar-refractivity contribution >= 4 is 39.5 Å². The van der Waals surface area contributed by atoms with Gasteiger partial charge in [-0.2, -0.15) is 0 Å². The standard InChI is InChI=1S/C63H122O17P2/c1-6-10-13-16-18-20-29-32-37-42-47-61(66)74-53-59(80-63(68)49-44-39-34-30-26-24-22-21-23-25-28-31-36-40-45-56(5)9-4)55-78-82(71,72)76-51-57(64)50-75-81(69,70)77-54-58(52-73-60(65)46-41-35-15-12-8-3)79-62(67)48-43-38-33-27-19-17-14-11-7-2/h56-59,64H,6-55H2,1-5H3,(H,69,70)(H,71,72)/t56?,57-,58+,59+/m0/s1. The van der Waals surface area contributed by atoms with Gasteiger partial charge in [-0.25, -0.2) is 9.13 Å². The van der Waals surface area contributed by atoms with Gasteiger partial charge in [0.15, 0.2) is 12.2 Å². The fourth-order valence-corrected chi connectivity index (χ4v) is 11.0. The van der Waals surface area contributed by atoms with Crippen molar-refractivity contribution in [1.82, 2.24) is 0 Å². The third kappa shape index (κ3) is 55.9. The van der Waals surface area contributed by atoms with Crippen LogP contribution in [0.5, 0.6) is 0 Å². The SMILES string of the molecule is CCCCCCCCCCCCC(=O)OC[C@H](COP(=O)(O)OC[C@@H](O)COP(=O)(O)OC[C@@H](COC(=O)CCCCCCC)OC(=O)CCCCCCCCCCC)OC(=O)CCCCCCCCCCCCCCCCC(C)CC. The van der Waals surface area contributed by atoms with E-state index in [1.807, 2.05) is 0 Å². The average molecular weight is 1210 g/mol. The van der Waals surface area contributed by atoms with Crippen LogP contribution in [0.15, 0.2) is 0 Å². The van der Waals surface area contributed by atoms with Gasteiger partial charge in [-0.15, -0.1) is 0 Å². The summed E-state index contributed by atoms with van der Waals surface area (Å²) >= 11 is 0. The summed E-state index contributed by atoms with van der Waals surface area (Å²) in [5.74, 6) is -1.30. The second-order valence-electron chi connectivity index (χ2n) is 23.0. The Hall–Kier alpha value is -1.94. The van der Waals surface area contributed by atoms with Crippen molar-refractivity contribution in [2.24, 2.45) is 5.92 Å². The minimum absolute atomic E-state index is 0.105. The van der Waals surface area contributed by atoms with E-state index in [1.165, 1.54) is 135 Å². The third-order valence-electron chi connectivity index (χ3n) is 14.9. The van der Waals surface area contributed by atoms with Crippen molar-refractivity contribution in [3.63, 3.8) is 0 Å². The van der Waals surface area contributed by atoms with Gasteiger partial charge in [0.25, 0.3) is 0 Å². The van der Waals surface area contributed by atoms with Crippen molar-refractivity contribution in [1.29, 1.82) is 0 Å². The molecule has 0 bridgehead atoms. The van der Waals surface area contributed by atoms with E-state index >= 15 is 0 Å². The van der Waals surface area contributed by atoms with Gasteiger partial charge < -0.3 is 33.8 Å². The molecule has 0 aromatic carbocycles. The summed E-state index contributed by atoms with van der Waals surface area (Å²) in [5, 5.41) is 10.5. The minimum atomic E-state index is -4.94. The quantitative estimate of drug-likeness (QED) is 0.0222. The van der Waals surface area contributed by atoms with Gasteiger partial charge in [-0.05, 0) is 31.6 Å². The fraction of sp³-hybridized carbons (Fsp3) is 0.937. The molecule has 6 atom stereocenters. The number of aliphatic hydroxyl groups is 1. The smallest absolute Gasteiger partial charge is 0.462 e. The lowest BCUT2D eigenvalue weighted by Crippen LogP contribution is -2.30. The number of esters is 4. The fourth-order valence-electron chi connectivity index (χ4n) is 9.37. The number of hydrogen-bond donors (Lipinski definition) is 3. The molecule has 19 heteroatoms. The van der Waals surface area contributed by atoms with Crippen LogP contribution in [0.1, 0.15) is 317 Å². The number of phosphoric ester groups is 2. The Bertz CT molecular complexity index is 1600. The summed E-state index contributed by atoms with van der Waals surface area (Å²) in [4.78, 5) is 71.8. The summed E-state index contributed by atoms with van der Waals surface area (Å²) in [5.41, 5.74) is 0. The van der Waals surface area contributed by atoms with Crippen LogP contribution in [0, 0.1) is 5.92 Å². The van der Waals surface area contributed by atoms with E-state index in [4.69, 9.17) is 37.0 Å². The van der Waals surface area contributed by atoms with E-state index in [0.29, 0.717) is 25.7 Å². The summed E-state index contributed by atoms with van der Waals surface area (Å²) < 4.78 is 67.7. The molecule has 0 aliphatic heterocycles. The van der Waals surface area contributed by atoms with Gasteiger partial charge in [-0.1, -0.05) is 266 Å². The molecule has 0 amide bonds. The summed E-state index contributed by atoms with van der Waals surface area (Å²) in [6.45, 7) is 7.13. The van der Waals surface area contributed by atoms with Gasteiger partial charge in [0.1, 0.15) is 19.3 Å². The predicted octanol–water partition coefficient (Wildman–Crippen LogP) is 17.4. The zero-order chi connectivity index (χ0) is 60.6. The van der Waals surface area contributed by atoms with Gasteiger partial charge in [0.2, 0.25) is 0 Å². The highest BCUT2D eigenvalue weighted by Crippen LogP contribution is 2.45. The van der Waals surface area contributed by atoms with E-state index in [-0.39, 0.29) is 25.7 Å². The number of carbonyl (C=O) groups excluding carboxylic acids is 4. The molecule has 0 rings (SSSR count). The van der Waals surface area contributed by atoms with Crippen molar-refractivity contribution < 1.29 is 80.2 Å². The van der Waals surface area contributed by atoms with Crippen LogP contribution in [-0.2, 0) is 65.4 Å². The molecule has 0 aliphatic carbocycles. The third-order valence-corrected chi connectivity index (χ3v) is 16.8. The Morgan fingerprint density at radius 1 is 0.341 bits per heavy atom. The Kier molecular flexibility index (Phi) is 55.5. The Balaban J connectivity index is 5.12. The maximum absolute atomic E-state index is 13.0. The lowest BCUT2D eigenvalue weighted by Gasteiger charge is -2.21. The zero-order valence-electron chi connectivity index (χ0n) is 52.6. The van der Waals surface area contributed by atoms with Crippen LogP contribution in [0.25, 0.3) is 0 Å². The molecule has 0 spiro atoms. The van der Waals surface area contributed by atoms with Gasteiger partial charge in [0.05, 0.1) is 26.4 Å². The van der Waals surface area contributed by atoms with Crippen molar-refractivity contribution in [3.8, 4) is 0 Å². The molecule has 3 N–H and O–H groups in total. The van der Waals surface area contributed by atoms with Gasteiger partial charge >= 0.3 is 39.5 Å². The van der Waals surface area contributed by atoms with Crippen LogP contribution in [0.2, 0.25) is 0 Å². The molecule has 3 unspecified atom stereocenters. The van der Waals surface area contributed by atoms with Crippen molar-refractivity contribution in [2.75, 3.05) is 39.6 Å². The maximum Gasteiger partial charge on any atom is 0.472 e. The Morgan fingerprint density at radius 3 is 0.866 bits per heavy atom. The largest absolute Gasteiger partial charge is 0.472 e. The number of hydrogen-bond acceptors (Lipinski definition) is 15. The van der Waals surface area contributed by atoms with E-state index in [1.54, 1.807) is 0 Å². The highest BCUT2D eigenvalue weighted by Gasteiger charge is 2.30. The Morgan fingerprint density at radius 2 is 0.585 bits per heavy atom. The first-order valence-electron chi connectivity index (χ1n) is 33.2. The van der Waals surface area contributed by atoms with Crippen LogP contribution in [0.4, 0.5) is 0 Å². The molecule has 0 fully saturated rings. The van der Waals surface area contributed by atoms with E-state index in [9.17, 15) is 43.2 Å². The highest BCUT2D eigenvalue weighted by atomic mass is 31.2. The number of phosphoric acid groups is 2. The summed E-state index contributed by atoms with van der Waals surface area (Å²) in [6.07, 6.45) is 40.6. The lowest BCUT2D eigenvalue weighted by molar-refractivity contribution is -0.161. The monoisotopic (exact) mass is 1210 g/mol. The summed E-state index contributed by atoms with van der Waals surface area (Å²) in [6, 6.07) is 0. The van der Waals surface area contributed by atoms with Gasteiger partial charge in [0, 0.05) is 25.7 Å². The predicted molar refractivity (Wildman–Crippen MR) is 326 cm³/mol. The molecule has 0 aromatic rings. The minimum Gasteiger partial charge on any atom is -0.462 e. The first-order chi connectivity index (χ1) is 39.6. The zero-order valence-corrected chi connectivity index (χ0v) is 54.4. The second kappa shape index (κ2) is 56.8. The van der Waals surface area contributed by atoms with E-state index in [0.717, 1.165) is 102 Å². The molecule has 0 heterocycles. The highest BCUT2D eigenvalue weighted by molar-refractivity contribution is 7.47. The first-order valence-corrected chi connectivity index (χ1v) is 36.2. The second-order valence-corrected chi connectivity index (χ2v) is 25.9. The van der Waals surface area contributed by atoms with Gasteiger partial charge in [-0.3, -0.25) is 37.3 Å².